The first-order valence-electron chi connectivity index (χ1n) is 7.08. The summed E-state index contributed by atoms with van der Waals surface area (Å²) in [6.45, 7) is 3.96. The zero-order valence-electron chi connectivity index (χ0n) is 13.5. The van der Waals surface area contributed by atoms with Gasteiger partial charge in [0.05, 0.1) is 0 Å². The summed E-state index contributed by atoms with van der Waals surface area (Å²) < 4.78 is 10.1. The third kappa shape index (κ3) is 7.40. The Balaban J connectivity index is 0.000000240. The molecule has 0 aliphatic carbocycles. The van der Waals surface area contributed by atoms with E-state index >= 15 is 0 Å². The Morgan fingerprint density at radius 1 is 0.875 bits per heavy atom. The van der Waals surface area contributed by atoms with E-state index in [0.29, 0.717) is 22.2 Å². The highest BCUT2D eigenvalue weighted by molar-refractivity contribution is 6.30. The molecule has 0 unspecified atom stereocenters. The molecule has 0 heterocycles. The average molecular weight is 344 g/mol. The van der Waals surface area contributed by atoms with Crippen LogP contribution in [-0.4, -0.2) is 13.2 Å². The number of anilines is 1. The largest absolute Gasteiger partial charge is 0.479 e. The van der Waals surface area contributed by atoms with Crippen LogP contribution in [0.5, 0.6) is 11.5 Å². The maximum Gasteiger partial charge on any atom is 0.174 e. The molecule has 0 aromatic heterocycles. The van der Waals surface area contributed by atoms with Gasteiger partial charge in [-0.3, -0.25) is 0 Å². The molecule has 0 aliphatic rings. The molecule has 0 atom stereocenters. The van der Waals surface area contributed by atoms with E-state index in [9.17, 15) is 0 Å². The number of nitrogens with two attached hydrogens (primary N) is 1. The molecule has 0 saturated carbocycles. The molecule has 0 amide bonds. The van der Waals surface area contributed by atoms with Gasteiger partial charge in [-0.25, -0.2) is 0 Å². The van der Waals surface area contributed by atoms with Crippen LogP contribution in [0.25, 0.3) is 0 Å². The Morgan fingerprint density at radius 2 is 1.38 bits per heavy atom. The molecule has 0 aliphatic heterocycles. The van der Waals surface area contributed by atoms with Crippen molar-refractivity contribution in [1.82, 2.24) is 0 Å². The Bertz CT molecular complexity index is 658. The standard InChI is InChI=1S/C9H8ClNO.C9H10N2O/c1-7-4-8(10)6-9(5-7)12-3-2-11;1-7-4-8(11)6-9(5-7)12-3-2-10/h4-6H,3H2,1H3;4-6H,3,11H2,1H3. The molecule has 0 fully saturated rings. The number of hydrogen-bond donors (Lipinski definition) is 1. The number of ether oxygens (including phenoxy) is 2. The van der Waals surface area contributed by atoms with Gasteiger partial charge in [-0.15, -0.1) is 0 Å². The van der Waals surface area contributed by atoms with Crippen molar-refractivity contribution in [3.8, 4) is 23.6 Å². The molecule has 5 nitrogen and oxygen atoms in total. The summed E-state index contributed by atoms with van der Waals surface area (Å²) in [5.74, 6) is 1.29. The molecule has 2 N–H and O–H groups in total. The predicted molar refractivity (Wildman–Crippen MR) is 94.0 cm³/mol. The second-order valence-corrected chi connectivity index (χ2v) is 5.37. The smallest absolute Gasteiger partial charge is 0.174 e. The predicted octanol–water partition coefficient (Wildman–Crippen LogP) is 4.03. The number of rotatable bonds is 4. The lowest BCUT2D eigenvalue weighted by Gasteiger charge is -2.03. The SMILES string of the molecule is Cc1cc(Cl)cc(OCC#N)c1.Cc1cc(N)cc(OCC#N)c1. The van der Waals surface area contributed by atoms with Crippen LogP contribution in [0.4, 0.5) is 5.69 Å². The van der Waals surface area contributed by atoms with E-state index < -0.39 is 0 Å². The van der Waals surface area contributed by atoms with Crippen molar-refractivity contribution in [2.24, 2.45) is 0 Å². The minimum atomic E-state index is 0.0553. The van der Waals surface area contributed by atoms with E-state index in [1.165, 1.54) is 0 Å². The van der Waals surface area contributed by atoms with Crippen molar-refractivity contribution < 1.29 is 9.47 Å². The van der Waals surface area contributed by atoms with Crippen molar-refractivity contribution in [2.75, 3.05) is 18.9 Å². The highest BCUT2D eigenvalue weighted by atomic mass is 35.5. The maximum absolute atomic E-state index is 8.26. The van der Waals surface area contributed by atoms with E-state index in [0.717, 1.165) is 11.1 Å². The molecule has 0 spiro atoms. The third-order valence-corrected chi connectivity index (χ3v) is 2.91. The molecule has 2 rings (SSSR count). The van der Waals surface area contributed by atoms with Gasteiger partial charge in [-0.1, -0.05) is 11.6 Å². The Hall–Kier alpha value is -2.89. The Labute approximate surface area is 146 Å². The van der Waals surface area contributed by atoms with Crippen molar-refractivity contribution in [2.45, 2.75) is 13.8 Å². The fraction of sp³-hybridized carbons (Fsp3) is 0.222. The molecule has 0 radical (unpaired) electrons. The summed E-state index contributed by atoms with van der Waals surface area (Å²) >= 11 is 5.77. The minimum absolute atomic E-state index is 0.0553. The fourth-order valence-electron chi connectivity index (χ4n) is 1.88. The summed E-state index contributed by atoms with van der Waals surface area (Å²) in [6, 6.07) is 14.5. The average Bonchev–Trinajstić information content (AvgIpc) is 2.50. The van der Waals surface area contributed by atoms with Crippen LogP contribution in [0.15, 0.2) is 36.4 Å². The van der Waals surface area contributed by atoms with Crippen LogP contribution in [0.2, 0.25) is 5.02 Å². The Kier molecular flexibility index (Phi) is 7.98. The van der Waals surface area contributed by atoms with Crippen LogP contribution >= 0.6 is 11.6 Å². The zero-order chi connectivity index (χ0) is 17.9. The van der Waals surface area contributed by atoms with Gasteiger partial charge < -0.3 is 15.2 Å². The molecule has 124 valence electrons. The summed E-state index contributed by atoms with van der Waals surface area (Å²) in [6.07, 6.45) is 0. The van der Waals surface area contributed by atoms with Gasteiger partial charge in [0.2, 0.25) is 0 Å². The molecular formula is C18H18ClN3O2. The monoisotopic (exact) mass is 343 g/mol. The lowest BCUT2D eigenvalue weighted by molar-refractivity contribution is 0.368. The summed E-state index contributed by atoms with van der Waals surface area (Å²) in [5, 5.41) is 17.1. The van der Waals surface area contributed by atoms with E-state index in [1.807, 2.05) is 50.3 Å². The van der Waals surface area contributed by atoms with Crippen LogP contribution < -0.4 is 15.2 Å². The second-order valence-electron chi connectivity index (χ2n) is 4.94. The molecule has 0 saturated heterocycles. The first-order valence-corrected chi connectivity index (χ1v) is 7.46. The van der Waals surface area contributed by atoms with Gasteiger partial charge in [0.25, 0.3) is 0 Å². The van der Waals surface area contributed by atoms with Gasteiger partial charge >= 0.3 is 0 Å². The van der Waals surface area contributed by atoms with Crippen LogP contribution in [0.1, 0.15) is 11.1 Å². The van der Waals surface area contributed by atoms with E-state index in [2.05, 4.69) is 0 Å². The normalized spacial score (nSPS) is 9.04. The molecular weight excluding hydrogens is 326 g/mol. The molecule has 2 aromatic rings. The van der Waals surface area contributed by atoms with E-state index in [-0.39, 0.29) is 13.2 Å². The highest BCUT2D eigenvalue weighted by Crippen LogP contribution is 2.20. The first-order chi connectivity index (χ1) is 11.4. The van der Waals surface area contributed by atoms with Crippen LogP contribution in [-0.2, 0) is 0 Å². The van der Waals surface area contributed by atoms with Crippen molar-refractivity contribution in [3.63, 3.8) is 0 Å². The third-order valence-electron chi connectivity index (χ3n) is 2.70. The quantitative estimate of drug-likeness (QED) is 0.846. The van der Waals surface area contributed by atoms with E-state index in [4.69, 9.17) is 37.3 Å². The number of nitrogens with zero attached hydrogens (tertiary/aromatic N) is 2. The van der Waals surface area contributed by atoms with Gasteiger partial charge in [-0.2, -0.15) is 10.5 Å². The summed E-state index contributed by atoms with van der Waals surface area (Å²) in [7, 11) is 0. The van der Waals surface area contributed by atoms with Gasteiger partial charge in [0.15, 0.2) is 13.2 Å². The number of aryl methyl sites for hydroxylation is 2. The molecule has 6 heteroatoms. The van der Waals surface area contributed by atoms with Crippen molar-refractivity contribution in [3.05, 3.63) is 52.5 Å². The van der Waals surface area contributed by atoms with Gasteiger partial charge in [0.1, 0.15) is 23.6 Å². The van der Waals surface area contributed by atoms with Gasteiger partial charge in [-0.05, 0) is 55.3 Å². The molecule has 0 bridgehead atoms. The van der Waals surface area contributed by atoms with Gasteiger partial charge in [0, 0.05) is 16.8 Å². The molecule has 24 heavy (non-hydrogen) atoms. The number of halogens is 1. The van der Waals surface area contributed by atoms with Crippen molar-refractivity contribution >= 4 is 17.3 Å². The number of nitrogen functional groups attached to an aromatic ring is 1. The molecule has 2 aromatic carbocycles. The first kappa shape index (κ1) is 19.2. The van der Waals surface area contributed by atoms with Crippen molar-refractivity contribution in [1.29, 1.82) is 10.5 Å². The second kappa shape index (κ2) is 9.99. The van der Waals surface area contributed by atoms with E-state index in [1.54, 1.807) is 12.1 Å². The minimum Gasteiger partial charge on any atom is -0.479 e. The summed E-state index contributed by atoms with van der Waals surface area (Å²) in [5.41, 5.74) is 8.28. The fourth-order valence-corrected chi connectivity index (χ4v) is 2.16. The number of nitriles is 2. The Morgan fingerprint density at radius 3 is 1.83 bits per heavy atom. The number of hydrogen-bond acceptors (Lipinski definition) is 5. The number of benzene rings is 2. The topological polar surface area (TPSA) is 92.1 Å². The van der Waals surface area contributed by atoms with Crippen LogP contribution in [0, 0.1) is 36.5 Å². The summed E-state index contributed by atoms with van der Waals surface area (Å²) in [4.78, 5) is 0. The van der Waals surface area contributed by atoms with Crippen LogP contribution in [0.3, 0.4) is 0 Å². The lowest BCUT2D eigenvalue weighted by atomic mass is 10.2. The maximum atomic E-state index is 8.26. The highest BCUT2D eigenvalue weighted by Gasteiger charge is 1.97. The zero-order valence-corrected chi connectivity index (χ0v) is 14.3. The lowest BCUT2D eigenvalue weighted by Crippen LogP contribution is -1.95.